The number of anilines is 1. The van der Waals surface area contributed by atoms with E-state index in [1.165, 1.54) is 0 Å². The van der Waals surface area contributed by atoms with Crippen molar-refractivity contribution in [3.8, 4) is 5.75 Å². The molecule has 1 amide bonds. The zero-order chi connectivity index (χ0) is 20.8. The Balaban J connectivity index is 1.42. The number of hydrazone groups is 1. The van der Waals surface area contributed by atoms with E-state index in [4.69, 9.17) is 4.74 Å². The normalized spacial score (nSPS) is 14.6. The van der Waals surface area contributed by atoms with Gasteiger partial charge in [0, 0.05) is 17.0 Å². The fourth-order valence-corrected chi connectivity index (χ4v) is 3.67. The number of nitrogens with one attached hydrogen (secondary N) is 2. The Labute approximate surface area is 179 Å². The number of benzene rings is 3. The zero-order valence-electron chi connectivity index (χ0n) is 16.3. The van der Waals surface area contributed by atoms with Crippen LogP contribution in [0.5, 0.6) is 5.75 Å². The van der Waals surface area contributed by atoms with Crippen LogP contribution in [0.2, 0.25) is 0 Å². The van der Waals surface area contributed by atoms with Gasteiger partial charge in [0.15, 0.2) is 5.17 Å². The molecule has 2 N–H and O–H groups in total. The van der Waals surface area contributed by atoms with Crippen LogP contribution >= 0.6 is 11.8 Å². The molecule has 0 saturated heterocycles. The van der Waals surface area contributed by atoms with Crippen molar-refractivity contribution in [1.82, 2.24) is 5.43 Å². The minimum atomic E-state index is -0.132. The number of thioether (sulfide) groups is 1. The van der Waals surface area contributed by atoms with Crippen molar-refractivity contribution >= 4 is 39.9 Å². The Bertz CT molecular complexity index is 1100. The second kappa shape index (κ2) is 9.28. The van der Waals surface area contributed by atoms with Gasteiger partial charge in [-0.25, -0.2) is 4.99 Å². The van der Waals surface area contributed by atoms with Gasteiger partial charge in [0.25, 0.3) is 5.91 Å². The number of hydrogen-bond donors (Lipinski definition) is 2. The molecular formula is C23H20N4O2S. The lowest BCUT2D eigenvalue weighted by Gasteiger charge is -2.15. The molecular weight excluding hydrogens is 396 g/mol. The van der Waals surface area contributed by atoms with Gasteiger partial charge in [-0.3, -0.25) is 10.2 Å². The first-order chi connectivity index (χ1) is 14.7. The first kappa shape index (κ1) is 19.7. The number of methoxy groups -OCH3 is 1. The molecule has 0 spiro atoms. The number of hydrogen-bond acceptors (Lipinski definition) is 5. The van der Waals surface area contributed by atoms with Crippen molar-refractivity contribution < 1.29 is 9.53 Å². The van der Waals surface area contributed by atoms with E-state index in [0.717, 1.165) is 33.6 Å². The van der Waals surface area contributed by atoms with Gasteiger partial charge in [0.2, 0.25) is 0 Å². The Morgan fingerprint density at radius 2 is 1.77 bits per heavy atom. The lowest BCUT2D eigenvalue weighted by Crippen LogP contribution is -2.25. The second-order valence-corrected chi connectivity index (χ2v) is 7.41. The Morgan fingerprint density at radius 1 is 1.03 bits per heavy atom. The zero-order valence-corrected chi connectivity index (χ0v) is 17.1. The van der Waals surface area contributed by atoms with Gasteiger partial charge in [0.1, 0.15) is 11.4 Å². The number of carbonyl (C=O) groups is 1. The number of ether oxygens (including phenoxy) is 1. The van der Waals surface area contributed by atoms with Crippen LogP contribution in [0, 0.1) is 0 Å². The maximum absolute atomic E-state index is 12.3. The molecule has 0 saturated carbocycles. The van der Waals surface area contributed by atoms with E-state index in [0.29, 0.717) is 11.3 Å². The molecule has 0 unspecified atom stereocenters. The predicted molar refractivity (Wildman–Crippen MR) is 123 cm³/mol. The van der Waals surface area contributed by atoms with E-state index < -0.39 is 0 Å². The molecule has 0 atom stereocenters. The number of aliphatic imine (C=N–C) groups is 1. The summed E-state index contributed by atoms with van der Waals surface area (Å²) in [6.45, 7) is 0. The third kappa shape index (κ3) is 4.69. The van der Waals surface area contributed by atoms with Crippen molar-refractivity contribution in [3.63, 3.8) is 0 Å². The number of rotatable bonds is 5. The van der Waals surface area contributed by atoms with Crippen LogP contribution in [-0.2, 0) is 0 Å². The molecule has 0 bridgehead atoms. The molecule has 0 radical (unpaired) electrons. The first-order valence-corrected chi connectivity index (χ1v) is 10.4. The fraction of sp³-hybridized carbons (Fsp3) is 0.0870. The Morgan fingerprint density at radius 3 is 2.47 bits per heavy atom. The van der Waals surface area contributed by atoms with E-state index in [9.17, 15) is 4.79 Å². The van der Waals surface area contributed by atoms with E-state index in [1.807, 2.05) is 66.7 Å². The molecule has 0 aromatic heterocycles. The maximum Gasteiger partial charge on any atom is 0.255 e. The topological polar surface area (TPSA) is 75.1 Å². The molecule has 3 aromatic rings. The van der Waals surface area contributed by atoms with Crippen LogP contribution in [0.3, 0.4) is 0 Å². The molecule has 1 heterocycles. The molecule has 3 aromatic carbocycles. The monoisotopic (exact) mass is 416 g/mol. The summed E-state index contributed by atoms with van der Waals surface area (Å²) in [5.74, 6) is 1.28. The fourth-order valence-electron chi connectivity index (χ4n) is 2.89. The van der Waals surface area contributed by atoms with Crippen molar-refractivity contribution in [2.45, 2.75) is 0 Å². The SMILES string of the molecule is COc1ccccc1N=C1NN=C(c2ccc(NC(=O)c3ccccc3)cc2)CS1. The van der Waals surface area contributed by atoms with Crippen LogP contribution in [0.25, 0.3) is 0 Å². The van der Waals surface area contributed by atoms with Gasteiger partial charge in [0.05, 0.1) is 12.8 Å². The summed E-state index contributed by atoms with van der Waals surface area (Å²) in [6, 6.07) is 24.4. The van der Waals surface area contributed by atoms with Crippen LogP contribution in [0.4, 0.5) is 11.4 Å². The van der Waals surface area contributed by atoms with Gasteiger partial charge in [-0.2, -0.15) is 5.10 Å². The highest BCUT2D eigenvalue weighted by Gasteiger charge is 2.14. The van der Waals surface area contributed by atoms with E-state index >= 15 is 0 Å². The van der Waals surface area contributed by atoms with Crippen molar-refractivity contribution in [2.75, 3.05) is 18.2 Å². The summed E-state index contributed by atoms with van der Waals surface area (Å²) in [4.78, 5) is 16.8. The quantitative estimate of drug-likeness (QED) is 0.634. The van der Waals surface area contributed by atoms with Crippen LogP contribution in [0.1, 0.15) is 15.9 Å². The van der Waals surface area contributed by atoms with Crippen LogP contribution in [0.15, 0.2) is 89.0 Å². The van der Waals surface area contributed by atoms with Crippen LogP contribution in [-0.4, -0.2) is 29.6 Å². The largest absolute Gasteiger partial charge is 0.494 e. The summed E-state index contributed by atoms with van der Waals surface area (Å²) in [5.41, 5.74) is 7.04. The van der Waals surface area contributed by atoms with Gasteiger partial charge < -0.3 is 10.1 Å². The predicted octanol–water partition coefficient (Wildman–Crippen LogP) is 4.68. The average Bonchev–Trinajstić information content (AvgIpc) is 2.81. The highest BCUT2D eigenvalue weighted by molar-refractivity contribution is 8.14. The third-order valence-electron chi connectivity index (χ3n) is 4.45. The highest BCUT2D eigenvalue weighted by atomic mass is 32.2. The first-order valence-electron chi connectivity index (χ1n) is 9.37. The van der Waals surface area contributed by atoms with Gasteiger partial charge in [-0.05, 0) is 42.0 Å². The average molecular weight is 417 g/mol. The van der Waals surface area contributed by atoms with Crippen molar-refractivity contribution in [3.05, 3.63) is 90.0 Å². The minimum absolute atomic E-state index is 0.132. The molecule has 0 fully saturated rings. The lowest BCUT2D eigenvalue weighted by molar-refractivity contribution is 0.102. The number of amides is 1. The molecule has 6 nitrogen and oxygen atoms in total. The summed E-state index contributed by atoms with van der Waals surface area (Å²) in [7, 11) is 1.63. The number of nitrogens with zero attached hydrogens (tertiary/aromatic N) is 2. The van der Waals surface area contributed by atoms with Gasteiger partial charge >= 0.3 is 0 Å². The second-order valence-electron chi connectivity index (χ2n) is 6.45. The molecule has 1 aliphatic rings. The van der Waals surface area contributed by atoms with Crippen molar-refractivity contribution in [2.24, 2.45) is 10.1 Å². The number of carbonyl (C=O) groups excluding carboxylic acids is 1. The van der Waals surface area contributed by atoms with E-state index in [1.54, 1.807) is 31.0 Å². The molecule has 7 heteroatoms. The van der Waals surface area contributed by atoms with Gasteiger partial charge in [-0.15, -0.1) is 0 Å². The Kier molecular flexibility index (Phi) is 6.10. The number of amidine groups is 1. The molecule has 150 valence electrons. The van der Waals surface area contributed by atoms with Crippen molar-refractivity contribution in [1.29, 1.82) is 0 Å². The summed E-state index contributed by atoms with van der Waals surface area (Å²) in [5, 5.41) is 8.08. The van der Waals surface area contributed by atoms with Gasteiger partial charge in [-0.1, -0.05) is 54.2 Å². The highest BCUT2D eigenvalue weighted by Crippen LogP contribution is 2.28. The van der Waals surface area contributed by atoms with E-state index in [2.05, 4.69) is 20.8 Å². The smallest absolute Gasteiger partial charge is 0.255 e. The lowest BCUT2D eigenvalue weighted by atomic mass is 10.1. The van der Waals surface area contributed by atoms with E-state index in [-0.39, 0.29) is 5.91 Å². The molecule has 30 heavy (non-hydrogen) atoms. The Hall–Kier alpha value is -3.58. The summed E-state index contributed by atoms with van der Waals surface area (Å²) in [6.07, 6.45) is 0. The molecule has 4 rings (SSSR count). The standard InChI is InChI=1S/C23H20N4O2S/c1-29-21-10-6-5-9-19(21)25-23-27-26-20(15-30-23)16-11-13-18(14-12-16)24-22(28)17-7-3-2-4-8-17/h2-14H,15H2,1H3,(H,24,28)(H,25,27). The molecule has 0 aliphatic carbocycles. The maximum atomic E-state index is 12.3. The third-order valence-corrected chi connectivity index (χ3v) is 5.33. The van der Waals surface area contributed by atoms with Crippen LogP contribution < -0.4 is 15.5 Å². The minimum Gasteiger partial charge on any atom is -0.494 e. The molecule has 1 aliphatic heterocycles. The summed E-state index contributed by atoms with van der Waals surface area (Å²) < 4.78 is 5.33. The summed E-state index contributed by atoms with van der Waals surface area (Å²) >= 11 is 1.58. The number of para-hydroxylation sites is 2.